The van der Waals surface area contributed by atoms with Crippen molar-refractivity contribution in [3.63, 3.8) is 0 Å². The van der Waals surface area contributed by atoms with Crippen molar-refractivity contribution in [2.75, 3.05) is 0 Å². The standard InChI is InChI=1S/C12H18INO4/c1-12(2,3)18-11(16)14-8-5-7(13)9-4-6(8)10(15)17-9/h6-9H,4-5H2,1-3H3,(H,14,16)/t6-,7+,8-,9+/m0/s1. The van der Waals surface area contributed by atoms with Gasteiger partial charge in [0.05, 0.1) is 9.84 Å². The second-order valence-corrected chi connectivity index (χ2v) is 7.42. The third-order valence-corrected chi connectivity index (χ3v) is 4.44. The number of hydrogen-bond acceptors (Lipinski definition) is 4. The first-order chi connectivity index (χ1) is 8.26. The molecule has 2 rings (SSSR count). The number of nitrogens with one attached hydrogen (secondary N) is 1. The zero-order valence-electron chi connectivity index (χ0n) is 10.7. The van der Waals surface area contributed by atoms with Crippen LogP contribution in [0.1, 0.15) is 33.6 Å². The molecule has 1 heterocycles. The molecule has 2 bridgehead atoms. The molecule has 18 heavy (non-hydrogen) atoms. The molecule has 5 nitrogen and oxygen atoms in total. The van der Waals surface area contributed by atoms with E-state index < -0.39 is 11.7 Å². The van der Waals surface area contributed by atoms with E-state index in [-0.39, 0.29) is 28.0 Å². The Morgan fingerprint density at radius 1 is 1.44 bits per heavy atom. The second kappa shape index (κ2) is 4.86. The van der Waals surface area contributed by atoms with Gasteiger partial charge in [-0.3, -0.25) is 4.79 Å². The molecule has 0 aromatic rings. The fourth-order valence-electron chi connectivity index (χ4n) is 2.36. The molecule has 1 N–H and O–H groups in total. The SMILES string of the molecule is CC(C)(C)OC(=O)N[C@H]1C[C@@H](I)[C@H]2C[C@@H]1C(=O)O2. The summed E-state index contributed by atoms with van der Waals surface area (Å²) in [5.41, 5.74) is -0.527. The van der Waals surface area contributed by atoms with Gasteiger partial charge < -0.3 is 14.8 Å². The van der Waals surface area contributed by atoms with E-state index in [9.17, 15) is 9.59 Å². The van der Waals surface area contributed by atoms with Crippen molar-refractivity contribution in [2.45, 2.75) is 55.3 Å². The first-order valence-corrected chi connectivity index (χ1v) is 7.35. The first-order valence-electron chi connectivity index (χ1n) is 6.10. The molecule has 1 saturated carbocycles. The van der Waals surface area contributed by atoms with E-state index >= 15 is 0 Å². The summed E-state index contributed by atoms with van der Waals surface area (Å²) in [6.45, 7) is 5.44. The lowest BCUT2D eigenvalue weighted by atomic mass is 9.85. The Hall–Kier alpha value is -0.530. The number of ether oxygens (including phenoxy) is 2. The van der Waals surface area contributed by atoms with E-state index in [1.54, 1.807) is 0 Å². The summed E-state index contributed by atoms with van der Waals surface area (Å²) in [6, 6.07) is -0.173. The van der Waals surface area contributed by atoms with Crippen molar-refractivity contribution in [1.82, 2.24) is 5.32 Å². The van der Waals surface area contributed by atoms with Crippen LogP contribution >= 0.6 is 22.6 Å². The van der Waals surface area contributed by atoms with Gasteiger partial charge in [-0.2, -0.15) is 0 Å². The number of halogens is 1. The van der Waals surface area contributed by atoms with Crippen molar-refractivity contribution in [1.29, 1.82) is 0 Å². The van der Waals surface area contributed by atoms with Gasteiger partial charge in [-0.25, -0.2) is 4.79 Å². The zero-order valence-corrected chi connectivity index (χ0v) is 12.9. The van der Waals surface area contributed by atoms with Crippen molar-refractivity contribution in [2.24, 2.45) is 5.92 Å². The Labute approximate surface area is 120 Å². The van der Waals surface area contributed by atoms with Gasteiger partial charge in [0.25, 0.3) is 0 Å². The van der Waals surface area contributed by atoms with E-state index in [0.717, 1.165) is 6.42 Å². The number of alkyl carbamates (subject to hydrolysis) is 1. The van der Waals surface area contributed by atoms with Crippen molar-refractivity contribution in [3.8, 4) is 0 Å². The predicted molar refractivity (Wildman–Crippen MR) is 73.6 cm³/mol. The molecule has 4 atom stereocenters. The number of esters is 1. The number of rotatable bonds is 1. The second-order valence-electron chi connectivity index (χ2n) is 5.82. The van der Waals surface area contributed by atoms with Crippen LogP contribution in [0.2, 0.25) is 0 Å². The fraction of sp³-hybridized carbons (Fsp3) is 0.833. The van der Waals surface area contributed by atoms with E-state index in [2.05, 4.69) is 27.9 Å². The van der Waals surface area contributed by atoms with Crippen LogP contribution in [0.4, 0.5) is 4.79 Å². The number of amides is 1. The highest BCUT2D eigenvalue weighted by Crippen LogP contribution is 2.38. The first kappa shape index (κ1) is 13.9. The van der Waals surface area contributed by atoms with E-state index in [1.165, 1.54) is 0 Å². The van der Waals surface area contributed by atoms with E-state index in [0.29, 0.717) is 6.42 Å². The Balaban J connectivity index is 1.97. The molecule has 2 aliphatic rings. The molecule has 1 aliphatic heterocycles. The number of carbonyl (C=O) groups excluding carboxylic acids is 2. The molecule has 1 amide bonds. The van der Waals surface area contributed by atoms with Crippen molar-refractivity contribution >= 4 is 34.7 Å². The van der Waals surface area contributed by atoms with Crippen LogP contribution in [0.15, 0.2) is 0 Å². The molecule has 0 unspecified atom stereocenters. The average Bonchev–Trinajstić information content (AvgIpc) is 2.51. The Morgan fingerprint density at radius 3 is 2.72 bits per heavy atom. The lowest BCUT2D eigenvalue weighted by Crippen LogP contribution is -2.47. The lowest BCUT2D eigenvalue weighted by molar-refractivity contribution is -0.143. The Kier molecular flexibility index (Phi) is 3.75. The van der Waals surface area contributed by atoms with Gasteiger partial charge >= 0.3 is 12.1 Å². The normalized spacial score (nSPS) is 35.0. The highest BCUT2D eigenvalue weighted by molar-refractivity contribution is 14.1. The van der Waals surface area contributed by atoms with Crippen LogP contribution in [-0.2, 0) is 14.3 Å². The minimum Gasteiger partial charge on any atom is -0.461 e. The molecule has 0 spiro atoms. The van der Waals surface area contributed by atoms with Gasteiger partial charge in [-0.05, 0) is 27.2 Å². The van der Waals surface area contributed by atoms with Crippen LogP contribution in [-0.4, -0.2) is 33.7 Å². The maximum atomic E-state index is 11.7. The Bertz CT molecular complexity index is 366. The highest BCUT2D eigenvalue weighted by Gasteiger charge is 2.48. The van der Waals surface area contributed by atoms with Crippen LogP contribution in [0.25, 0.3) is 0 Å². The largest absolute Gasteiger partial charge is 0.461 e. The predicted octanol–water partition coefficient (Wildman–Crippen LogP) is 2.02. The van der Waals surface area contributed by atoms with Gasteiger partial charge in [0.15, 0.2) is 0 Å². The molecule has 0 aromatic heterocycles. The van der Waals surface area contributed by atoms with Gasteiger partial charge in [0.2, 0.25) is 0 Å². The topological polar surface area (TPSA) is 64.6 Å². The lowest BCUT2D eigenvalue weighted by Gasteiger charge is -2.30. The van der Waals surface area contributed by atoms with Crippen LogP contribution in [0.5, 0.6) is 0 Å². The third-order valence-electron chi connectivity index (χ3n) is 3.13. The molecule has 1 aliphatic carbocycles. The van der Waals surface area contributed by atoms with E-state index in [4.69, 9.17) is 9.47 Å². The van der Waals surface area contributed by atoms with Gasteiger partial charge in [0, 0.05) is 12.5 Å². The molecule has 2 fully saturated rings. The molecule has 0 radical (unpaired) electrons. The number of alkyl halides is 1. The number of fused-ring (bicyclic) bond motifs is 2. The minimum absolute atomic E-state index is 0.0137. The smallest absolute Gasteiger partial charge is 0.407 e. The van der Waals surface area contributed by atoms with Gasteiger partial charge in [-0.15, -0.1) is 0 Å². The number of hydrogen-bond donors (Lipinski definition) is 1. The molecule has 1 saturated heterocycles. The molecule has 6 heteroatoms. The summed E-state index contributed by atoms with van der Waals surface area (Å²) >= 11 is 2.28. The summed E-state index contributed by atoms with van der Waals surface area (Å²) in [5, 5.41) is 2.80. The van der Waals surface area contributed by atoms with Crippen molar-refractivity contribution in [3.05, 3.63) is 0 Å². The third kappa shape index (κ3) is 3.07. The van der Waals surface area contributed by atoms with Crippen LogP contribution in [0, 0.1) is 5.92 Å². The summed E-state index contributed by atoms with van der Waals surface area (Å²) in [6.07, 6.45) is 1.00. The Morgan fingerprint density at radius 2 is 2.11 bits per heavy atom. The molecule has 102 valence electrons. The summed E-state index contributed by atoms with van der Waals surface area (Å²) in [4.78, 5) is 23.4. The molecule has 0 aromatic carbocycles. The van der Waals surface area contributed by atoms with Gasteiger partial charge in [-0.1, -0.05) is 22.6 Å². The van der Waals surface area contributed by atoms with Crippen molar-refractivity contribution < 1.29 is 19.1 Å². The summed E-state index contributed by atoms with van der Waals surface area (Å²) in [7, 11) is 0. The van der Waals surface area contributed by atoms with Crippen LogP contribution in [0.3, 0.4) is 0 Å². The summed E-state index contributed by atoms with van der Waals surface area (Å²) in [5.74, 6) is -0.409. The maximum absolute atomic E-state index is 11.7. The maximum Gasteiger partial charge on any atom is 0.407 e. The molecular weight excluding hydrogens is 349 g/mol. The zero-order chi connectivity index (χ0) is 13.5. The van der Waals surface area contributed by atoms with E-state index in [1.807, 2.05) is 20.8 Å². The monoisotopic (exact) mass is 367 g/mol. The summed E-state index contributed by atoms with van der Waals surface area (Å²) < 4.78 is 10.7. The van der Waals surface area contributed by atoms with Crippen LogP contribution < -0.4 is 5.32 Å². The molecular formula is C12H18INO4. The van der Waals surface area contributed by atoms with Gasteiger partial charge in [0.1, 0.15) is 11.7 Å². The number of carbonyl (C=O) groups is 2. The average molecular weight is 367 g/mol. The highest BCUT2D eigenvalue weighted by atomic mass is 127. The fourth-order valence-corrected chi connectivity index (χ4v) is 3.35. The minimum atomic E-state index is -0.527. The quantitative estimate of drug-likeness (QED) is 0.438.